The number of fused-ring (bicyclic) bond motifs is 1. The smallest absolute Gasteiger partial charge is 0.407 e. The molecule has 2 heterocycles. The first kappa shape index (κ1) is 23.5. The number of nitrogens with one attached hydrogen (secondary N) is 2. The Bertz CT molecular complexity index is 722. The van der Waals surface area contributed by atoms with E-state index in [9.17, 15) is 9.59 Å². The molecule has 2 aliphatic heterocycles. The highest BCUT2D eigenvalue weighted by molar-refractivity contribution is 5.76. The molecule has 31 heavy (non-hydrogen) atoms. The standard InChI is InChI=1S/C23H36N4O4/c1-23(2,3)31-22(29)25-11-10-24-21(28)9-12-26-16-19-20(17-26)30-14-13-27(19)15-18-7-5-4-6-8-18/h4-8,19-20H,9-17H2,1-3H3,(H,24,28)(H,25,29). The number of hydrogen-bond acceptors (Lipinski definition) is 6. The number of likely N-dealkylation sites (tertiary alicyclic amines) is 1. The summed E-state index contributed by atoms with van der Waals surface area (Å²) in [5.41, 5.74) is 0.793. The molecular weight excluding hydrogens is 396 g/mol. The average Bonchev–Trinajstić information content (AvgIpc) is 3.13. The Hall–Kier alpha value is -2.16. The number of alkyl carbamates (subject to hydrolysis) is 1. The molecule has 8 nitrogen and oxygen atoms in total. The largest absolute Gasteiger partial charge is 0.444 e. The van der Waals surface area contributed by atoms with Crippen LogP contribution < -0.4 is 10.6 Å². The van der Waals surface area contributed by atoms with Gasteiger partial charge in [0.25, 0.3) is 0 Å². The molecule has 2 unspecified atom stereocenters. The van der Waals surface area contributed by atoms with Gasteiger partial charge in [0.2, 0.25) is 5.91 Å². The summed E-state index contributed by atoms with van der Waals surface area (Å²) in [5, 5.41) is 5.49. The number of rotatable bonds is 8. The van der Waals surface area contributed by atoms with Crippen molar-refractivity contribution in [2.75, 3.05) is 45.9 Å². The summed E-state index contributed by atoms with van der Waals surface area (Å²) in [4.78, 5) is 28.6. The lowest BCUT2D eigenvalue weighted by atomic mass is 10.1. The highest BCUT2D eigenvalue weighted by atomic mass is 16.6. The summed E-state index contributed by atoms with van der Waals surface area (Å²) in [6.45, 7) is 11.3. The number of benzene rings is 1. The SMILES string of the molecule is CC(C)(C)OC(=O)NCCNC(=O)CCN1CC2OCCN(Cc3ccccc3)C2C1. The van der Waals surface area contributed by atoms with Gasteiger partial charge in [-0.2, -0.15) is 0 Å². The van der Waals surface area contributed by atoms with Crippen molar-refractivity contribution in [2.45, 2.75) is 51.5 Å². The van der Waals surface area contributed by atoms with E-state index in [0.29, 0.717) is 32.1 Å². The maximum atomic E-state index is 12.2. The zero-order valence-corrected chi connectivity index (χ0v) is 18.9. The Morgan fingerprint density at radius 1 is 1.13 bits per heavy atom. The summed E-state index contributed by atoms with van der Waals surface area (Å²) in [6, 6.07) is 10.9. The van der Waals surface area contributed by atoms with Crippen LogP contribution in [-0.4, -0.2) is 85.4 Å². The predicted octanol–water partition coefficient (Wildman–Crippen LogP) is 1.60. The van der Waals surface area contributed by atoms with Gasteiger partial charge in [0.15, 0.2) is 0 Å². The van der Waals surface area contributed by atoms with Crippen molar-refractivity contribution < 1.29 is 19.1 Å². The van der Waals surface area contributed by atoms with Gasteiger partial charge in [-0.05, 0) is 26.3 Å². The lowest BCUT2D eigenvalue weighted by Crippen LogP contribution is -2.50. The van der Waals surface area contributed by atoms with E-state index >= 15 is 0 Å². The zero-order chi connectivity index (χ0) is 22.3. The van der Waals surface area contributed by atoms with Gasteiger partial charge in [-0.1, -0.05) is 30.3 Å². The van der Waals surface area contributed by atoms with Crippen LogP contribution in [0.5, 0.6) is 0 Å². The summed E-state index contributed by atoms with van der Waals surface area (Å²) in [6.07, 6.45) is 0.171. The van der Waals surface area contributed by atoms with Crippen LogP contribution in [-0.2, 0) is 20.8 Å². The van der Waals surface area contributed by atoms with Gasteiger partial charge in [-0.25, -0.2) is 4.79 Å². The summed E-state index contributed by atoms with van der Waals surface area (Å²) in [5.74, 6) is -0.0112. The van der Waals surface area contributed by atoms with Gasteiger partial charge in [0.1, 0.15) is 5.60 Å². The minimum Gasteiger partial charge on any atom is -0.444 e. The van der Waals surface area contributed by atoms with Crippen LogP contribution in [0.2, 0.25) is 0 Å². The van der Waals surface area contributed by atoms with Gasteiger partial charge in [0.05, 0.1) is 18.8 Å². The number of ether oxygens (including phenoxy) is 2. The first-order valence-electron chi connectivity index (χ1n) is 11.2. The number of nitrogens with zero attached hydrogens (tertiary/aromatic N) is 2. The fraction of sp³-hybridized carbons (Fsp3) is 0.652. The topological polar surface area (TPSA) is 83.1 Å². The second-order valence-corrected chi connectivity index (χ2v) is 9.22. The van der Waals surface area contributed by atoms with Crippen molar-refractivity contribution in [1.82, 2.24) is 20.4 Å². The van der Waals surface area contributed by atoms with Crippen molar-refractivity contribution >= 4 is 12.0 Å². The van der Waals surface area contributed by atoms with E-state index < -0.39 is 11.7 Å². The maximum absolute atomic E-state index is 12.2. The van der Waals surface area contributed by atoms with Crippen LogP contribution in [0, 0.1) is 0 Å². The minimum absolute atomic E-state index is 0.0112. The van der Waals surface area contributed by atoms with Crippen molar-refractivity contribution in [3.8, 4) is 0 Å². The van der Waals surface area contributed by atoms with Gasteiger partial charge < -0.3 is 20.1 Å². The van der Waals surface area contributed by atoms with Gasteiger partial charge >= 0.3 is 6.09 Å². The molecule has 0 saturated carbocycles. The number of carbonyl (C=O) groups excluding carboxylic acids is 2. The average molecular weight is 433 g/mol. The Balaban J connectivity index is 1.34. The molecular formula is C23H36N4O4. The molecule has 2 aliphatic rings. The predicted molar refractivity (Wildman–Crippen MR) is 119 cm³/mol. The van der Waals surface area contributed by atoms with Gasteiger partial charge in [-0.15, -0.1) is 0 Å². The van der Waals surface area contributed by atoms with E-state index in [1.165, 1.54) is 5.56 Å². The van der Waals surface area contributed by atoms with Crippen LogP contribution in [0.25, 0.3) is 0 Å². The molecule has 0 radical (unpaired) electrons. The molecule has 2 saturated heterocycles. The Kier molecular flexibility index (Phi) is 8.28. The first-order valence-corrected chi connectivity index (χ1v) is 11.2. The number of morpholine rings is 1. The molecule has 2 amide bonds. The minimum atomic E-state index is -0.527. The van der Waals surface area contributed by atoms with E-state index in [1.807, 2.05) is 26.8 Å². The molecule has 1 aromatic rings. The number of carbonyl (C=O) groups is 2. The van der Waals surface area contributed by atoms with Crippen LogP contribution >= 0.6 is 0 Å². The highest BCUT2D eigenvalue weighted by Gasteiger charge is 2.39. The molecule has 2 N–H and O–H groups in total. The van der Waals surface area contributed by atoms with E-state index in [1.54, 1.807) is 0 Å². The third kappa shape index (κ3) is 7.79. The monoisotopic (exact) mass is 432 g/mol. The Morgan fingerprint density at radius 2 is 1.87 bits per heavy atom. The number of hydrogen-bond donors (Lipinski definition) is 2. The van der Waals surface area contributed by atoms with Crippen molar-refractivity contribution in [3.05, 3.63) is 35.9 Å². The number of amides is 2. The van der Waals surface area contributed by atoms with Crippen LogP contribution in [0.4, 0.5) is 4.79 Å². The quantitative estimate of drug-likeness (QED) is 0.608. The van der Waals surface area contributed by atoms with E-state index in [-0.39, 0.29) is 12.0 Å². The van der Waals surface area contributed by atoms with Gasteiger partial charge in [0, 0.05) is 52.2 Å². The maximum Gasteiger partial charge on any atom is 0.407 e. The summed E-state index contributed by atoms with van der Waals surface area (Å²) < 4.78 is 11.2. The Morgan fingerprint density at radius 3 is 2.61 bits per heavy atom. The third-order valence-electron chi connectivity index (χ3n) is 5.49. The van der Waals surface area contributed by atoms with E-state index in [0.717, 1.165) is 32.8 Å². The normalized spacial score (nSPS) is 22.0. The molecule has 0 aromatic heterocycles. The van der Waals surface area contributed by atoms with Gasteiger partial charge in [-0.3, -0.25) is 14.6 Å². The fourth-order valence-corrected chi connectivity index (χ4v) is 4.06. The second-order valence-electron chi connectivity index (χ2n) is 9.22. The second kappa shape index (κ2) is 10.9. The van der Waals surface area contributed by atoms with Crippen molar-refractivity contribution in [2.24, 2.45) is 0 Å². The molecule has 0 spiro atoms. The molecule has 2 atom stereocenters. The molecule has 8 heteroatoms. The molecule has 1 aromatic carbocycles. The molecule has 0 bridgehead atoms. The first-order chi connectivity index (χ1) is 14.8. The van der Waals surface area contributed by atoms with Crippen molar-refractivity contribution in [1.29, 1.82) is 0 Å². The highest BCUT2D eigenvalue weighted by Crippen LogP contribution is 2.24. The molecule has 172 valence electrons. The lowest BCUT2D eigenvalue weighted by Gasteiger charge is -2.37. The van der Waals surface area contributed by atoms with Crippen LogP contribution in [0.15, 0.2) is 30.3 Å². The zero-order valence-electron chi connectivity index (χ0n) is 18.9. The molecule has 0 aliphatic carbocycles. The summed E-state index contributed by atoms with van der Waals surface area (Å²) >= 11 is 0. The van der Waals surface area contributed by atoms with Crippen LogP contribution in [0.3, 0.4) is 0 Å². The fourth-order valence-electron chi connectivity index (χ4n) is 4.06. The van der Waals surface area contributed by atoms with E-state index in [2.05, 4.69) is 44.7 Å². The third-order valence-corrected chi connectivity index (χ3v) is 5.49. The summed E-state index contributed by atoms with van der Waals surface area (Å²) in [7, 11) is 0. The molecule has 2 fully saturated rings. The van der Waals surface area contributed by atoms with Crippen LogP contribution in [0.1, 0.15) is 32.8 Å². The molecule has 3 rings (SSSR count). The van der Waals surface area contributed by atoms with E-state index in [4.69, 9.17) is 9.47 Å². The Labute approximate surface area is 185 Å². The lowest BCUT2D eigenvalue weighted by molar-refractivity contribution is -0.121. The van der Waals surface area contributed by atoms with Crippen molar-refractivity contribution in [3.63, 3.8) is 0 Å².